The van der Waals surface area contributed by atoms with Crippen LogP contribution in [0.25, 0.3) is 0 Å². The molecular formula is C23H19FN4O6. The molecule has 2 N–H and O–H groups in total. The molecule has 0 saturated carbocycles. The third-order valence-electron chi connectivity index (χ3n) is 5.31. The van der Waals surface area contributed by atoms with Crippen LogP contribution in [0.1, 0.15) is 17.0 Å². The Morgan fingerprint density at radius 1 is 1.18 bits per heavy atom. The fourth-order valence-electron chi connectivity index (χ4n) is 3.80. The van der Waals surface area contributed by atoms with Gasteiger partial charge in [0.15, 0.2) is 0 Å². The molecule has 1 heterocycles. The van der Waals surface area contributed by atoms with E-state index in [0.29, 0.717) is 5.56 Å². The zero-order valence-corrected chi connectivity index (χ0v) is 18.4. The molecule has 174 valence electrons. The Labute approximate surface area is 193 Å². The Morgan fingerprint density at radius 3 is 2.32 bits per heavy atom. The molecule has 0 fully saturated rings. The van der Waals surface area contributed by atoms with Crippen molar-refractivity contribution >= 4 is 23.3 Å². The second-order valence-electron chi connectivity index (χ2n) is 7.18. The minimum Gasteiger partial charge on any atom is -0.466 e. The van der Waals surface area contributed by atoms with Crippen molar-refractivity contribution < 1.29 is 28.4 Å². The van der Waals surface area contributed by atoms with Crippen molar-refractivity contribution in [1.82, 2.24) is 0 Å². The Bertz CT molecular complexity index is 1300. The van der Waals surface area contributed by atoms with Gasteiger partial charge in [-0.25, -0.2) is 9.59 Å². The average molecular weight is 466 g/mol. The highest BCUT2D eigenvalue weighted by atomic mass is 19.1. The van der Waals surface area contributed by atoms with Crippen LogP contribution in [-0.2, 0) is 19.1 Å². The molecule has 3 rings (SSSR count). The average Bonchev–Trinajstić information content (AvgIpc) is 2.83. The van der Waals surface area contributed by atoms with E-state index in [1.54, 1.807) is 30.3 Å². The number of methoxy groups -OCH3 is 2. The van der Waals surface area contributed by atoms with Gasteiger partial charge in [0.1, 0.15) is 11.5 Å². The fourth-order valence-corrected chi connectivity index (χ4v) is 3.80. The number of allylic oxidation sites excluding steroid dienone is 1. The highest BCUT2D eigenvalue weighted by Crippen LogP contribution is 2.44. The number of nitriles is 1. The van der Waals surface area contributed by atoms with Crippen molar-refractivity contribution in [3.8, 4) is 6.07 Å². The first-order chi connectivity index (χ1) is 16.2. The van der Waals surface area contributed by atoms with Crippen LogP contribution in [0.4, 0.5) is 15.8 Å². The molecule has 0 spiro atoms. The van der Waals surface area contributed by atoms with Crippen molar-refractivity contribution in [2.75, 3.05) is 19.1 Å². The Hall–Kier alpha value is -4.72. The Morgan fingerprint density at radius 2 is 1.79 bits per heavy atom. The number of carbonyl (C=O) groups excluding carboxylic acids is 2. The number of benzene rings is 2. The normalized spacial score (nSPS) is 15.6. The summed E-state index contributed by atoms with van der Waals surface area (Å²) in [5.74, 6) is -4.53. The lowest BCUT2D eigenvalue weighted by Crippen LogP contribution is -2.41. The van der Waals surface area contributed by atoms with Crippen molar-refractivity contribution in [1.29, 1.82) is 5.26 Å². The van der Waals surface area contributed by atoms with Gasteiger partial charge in [0.05, 0.1) is 48.0 Å². The summed E-state index contributed by atoms with van der Waals surface area (Å²) in [5.41, 5.74) is 5.28. The third-order valence-corrected chi connectivity index (χ3v) is 5.31. The summed E-state index contributed by atoms with van der Waals surface area (Å²) < 4.78 is 24.4. The van der Waals surface area contributed by atoms with Crippen LogP contribution in [0.3, 0.4) is 0 Å². The van der Waals surface area contributed by atoms with Gasteiger partial charge < -0.3 is 15.2 Å². The van der Waals surface area contributed by atoms with E-state index in [1.165, 1.54) is 6.92 Å². The highest BCUT2D eigenvalue weighted by molar-refractivity contribution is 6.06. The molecule has 10 nitrogen and oxygen atoms in total. The number of nitrogens with zero attached hydrogens (tertiary/aromatic N) is 3. The van der Waals surface area contributed by atoms with E-state index in [4.69, 9.17) is 15.2 Å². The number of carbonyl (C=O) groups is 2. The van der Waals surface area contributed by atoms with Gasteiger partial charge in [-0.2, -0.15) is 9.65 Å². The van der Waals surface area contributed by atoms with Gasteiger partial charge in [0.2, 0.25) is 5.82 Å². The van der Waals surface area contributed by atoms with Gasteiger partial charge >= 0.3 is 17.6 Å². The quantitative estimate of drug-likeness (QED) is 0.399. The van der Waals surface area contributed by atoms with E-state index in [0.717, 1.165) is 31.3 Å². The number of nitro benzene ring substituents is 1. The number of hydrogen-bond acceptors (Lipinski definition) is 9. The van der Waals surface area contributed by atoms with Gasteiger partial charge in [0, 0.05) is 12.1 Å². The monoisotopic (exact) mass is 466 g/mol. The predicted molar refractivity (Wildman–Crippen MR) is 117 cm³/mol. The van der Waals surface area contributed by atoms with Crippen LogP contribution >= 0.6 is 0 Å². The lowest BCUT2D eigenvalue weighted by Gasteiger charge is -2.36. The zero-order valence-electron chi connectivity index (χ0n) is 18.4. The third kappa shape index (κ3) is 3.93. The number of rotatable bonds is 5. The second-order valence-corrected chi connectivity index (χ2v) is 7.18. The van der Waals surface area contributed by atoms with Gasteiger partial charge in [0.25, 0.3) is 0 Å². The molecule has 2 aromatic rings. The molecule has 0 saturated heterocycles. The van der Waals surface area contributed by atoms with Gasteiger partial charge in [-0.05, 0) is 18.1 Å². The maximum Gasteiger partial charge on any atom is 0.355 e. The molecule has 1 aliphatic heterocycles. The van der Waals surface area contributed by atoms with E-state index < -0.39 is 40.0 Å². The molecular weight excluding hydrogens is 447 g/mol. The van der Waals surface area contributed by atoms with E-state index in [9.17, 15) is 29.4 Å². The van der Waals surface area contributed by atoms with Crippen LogP contribution in [-0.4, -0.2) is 31.1 Å². The molecule has 0 bridgehead atoms. The van der Waals surface area contributed by atoms with Crippen molar-refractivity contribution in [2.24, 2.45) is 5.73 Å². The van der Waals surface area contributed by atoms with Gasteiger partial charge in [-0.15, -0.1) is 0 Å². The summed E-state index contributed by atoms with van der Waals surface area (Å²) in [6.07, 6.45) is 0. The number of ether oxygens (including phenoxy) is 2. The molecule has 1 atom stereocenters. The standard InChI is InChI=1S/C23H19FN4O6/c1-12-9-17(28(31)32)15(24)10-16(12)27-20(23(30)34-3)19(22(29)33-2)18(14(11-25)21(27)26)13-7-5-4-6-8-13/h4-10,18H,26H2,1-3H3. The van der Waals surface area contributed by atoms with E-state index in [2.05, 4.69) is 0 Å². The minimum absolute atomic E-state index is 0.0957. The van der Waals surface area contributed by atoms with Crippen molar-refractivity contribution in [3.63, 3.8) is 0 Å². The second kappa shape index (κ2) is 9.41. The lowest BCUT2D eigenvalue weighted by molar-refractivity contribution is -0.387. The largest absolute Gasteiger partial charge is 0.466 e. The molecule has 1 unspecified atom stereocenters. The molecule has 1 aliphatic rings. The van der Waals surface area contributed by atoms with Crippen LogP contribution in [0.2, 0.25) is 0 Å². The summed E-state index contributed by atoms with van der Waals surface area (Å²) in [4.78, 5) is 37.2. The van der Waals surface area contributed by atoms with Crippen molar-refractivity contribution in [2.45, 2.75) is 12.8 Å². The number of anilines is 1. The molecule has 0 radical (unpaired) electrons. The van der Waals surface area contributed by atoms with Gasteiger partial charge in [-0.3, -0.25) is 15.0 Å². The number of hydrogen-bond donors (Lipinski definition) is 1. The topological polar surface area (TPSA) is 149 Å². The number of aryl methyl sites for hydroxylation is 1. The number of nitrogens with two attached hydrogens (primary N) is 1. The number of halogens is 1. The lowest BCUT2D eigenvalue weighted by atomic mass is 9.80. The Balaban J connectivity index is 2.45. The molecule has 2 aromatic carbocycles. The summed E-state index contributed by atoms with van der Waals surface area (Å²) in [6, 6.07) is 12.1. The maximum absolute atomic E-state index is 14.6. The van der Waals surface area contributed by atoms with Crippen LogP contribution in [0.15, 0.2) is 65.1 Å². The molecule has 0 amide bonds. The molecule has 0 aliphatic carbocycles. The molecule has 11 heteroatoms. The summed E-state index contributed by atoms with van der Waals surface area (Å²) in [6.45, 7) is 1.43. The van der Waals surface area contributed by atoms with E-state index >= 15 is 0 Å². The van der Waals surface area contributed by atoms with Crippen molar-refractivity contribution in [3.05, 3.63) is 92.2 Å². The summed E-state index contributed by atoms with van der Waals surface area (Å²) in [7, 11) is 2.17. The maximum atomic E-state index is 14.6. The minimum atomic E-state index is -1.20. The molecule has 34 heavy (non-hydrogen) atoms. The van der Waals surface area contributed by atoms with Crippen LogP contribution in [0, 0.1) is 34.2 Å². The zero-order chi connectivity index (χ0) is 25.2. The Kier molecular flexibility index (Phi) is 6.63. The highest BCUT2D eigenvalue weighted by Gasteiger charge is 2.43. The van der Waals surface area contributed by atoms with Gasteiger partial charge in [-0.1, -0.05) is 30.3 Å². The SMILES string of the molecule is COC(=O)C1=C(C(=O)OC)N(c2cc(F)c([N+](=O)[O-])cc2C)C(N)=C(C#N)C1c1ccccc1. The smallest absolute Gasteiger partial charge is 0.355 e. The first-order valence-corrected chi connectivity index (χ1v) is 9.78. The number of nitro groups is 1. The first kappa shape index (κ1) is 23.9. The number of esters is 2. The first-order valence-electron chi connectivity index (χ1n) is 9.78. The van der Waals surface area contributed by atoms with E-state index in [1.807, 2.05) is 6.07 Å². The van der Waals surface area contributed by atoms with Crippen LogP contribution < -0.4 is 10.6 Å². The van der Waals surface area contributed by atoms with E-state index in [-0.39, 0.29) is 28.2 Å². The molecule has 0 aromatic heterocycles. The van der Waals surface area contributed by atoms with Crippen LogP contribution in [0.5, 0.6) is 0 Å². The summed E-state index contributed by atoms with van der Waals surface area (Å²) in [5, 5.41) is 21.1. The summed E-state index contributed by atoms with van der Waals surface area (Å²) >= 11 is 0. The predicted octanol–water partition coefficient (Wildman–Crippen LogP) is 2.94. The fraction of sp³-hybridized carbons (Fsp3) is 0.174.